The van der Waals surface area contributed by atoms with Crippen molar-refractivity contribution >= 4 is 27.6 Å². The van der Waals surface area contributed by atoms with Crippen molar-refractivity contribution in [2.75, 3.05) is 19.0 Å². The van der Waals surface area contributed by atoms with Gasteiger partial charge in [-0.25, -0.2) is 0 Å². The lowest BCUT2D eigenvalue weighted by atomic mass is 10.1. The molecule has 88 valence electrons. The van der Waals surface area contributed by atoms with E-state index in [0.29, 0.717) is 6.54 Å². The van der Waals surface area contributed by atoms with E-state index < -0.39 is 0 Å². The molecule has 0 aliphatic heterocycles. The SMILES string of the molecule is CCc1cccc(NCC(Br)C(=O)OC)c1. The Kier molecular flexibility index (Phi) is 5.32. The molecule has 1 aromatic carbocycles. The molecule has 0 radical (unpaired) electrons. The number of halogens is 1. The van der Waals surface area contributed by atoms with E-state index >= 15 is 0 Å². The number of nitrogens with one attached hydrogen (secondary N) is 1. The summed E-state index contributed by atoms with van der Waals surface area (Å²) in [5, 5.41) is 3.19. The lowest BCUT2D eigenvalue weighted by Gasteiger charge is -2.11. The summed E-state index contributed by atoms with van der Waals surface area (Å²) in [6.45, 7) is 2.63. The van der Waals surface area contributed by atoms with Crippen LogP contribution in [0.3, 0.4) is 0 Å². The molecule has 0 aromatic heterocycles. The third kappa shape index (κ3) is 3.85. The largest absolute Gasteiger partial charge is 0.468 e. The summed E-state index contributed by atoms with van der Waals surface area (Å²) in [6.07, 6.45) is 1.00. The van der Waals surface area contributed by atoms with Crippen LogP contribution in [-0.2, 0) is 16.0 Å². The number of rotatable bonds is 5. The molecule has 1 N–H and O–H groups in total. The van der Waals surface area contributed by atoms with E-state index in [1.807, 2.05) is 12.1 Å². The number of alkyl halides is 1. The molecular weight excluding hydrogens is 270 g/mol. The molecule has 0 spiro atoms. The van der Waals surface area contributed by atoms with Crippen LogP contribution in [0.2, 0.25) is 0 Å². The van der Waals surface area contributed by atoms with Crippen molar-refractivity contribution in [3.8, 4) is 0 Å². The van der Waals surface area contributed by atoms with E-state index in [-0.39, 0.29) is 10.8 Å². The molecule has 0 heterocycles. The predicted octanol–water partition coefficient (Wildman–Crippen LogP) is 2.60. The van der Waals surface area contributed by atoms with E-state index in [9.17, 15) is 4.79 Å². The van der Waals surface area contributed by atoms with E-state index in [1.54, 1.807) is 0 Å². The highest BCUT2D eigenvalue weighted by atomic mass is 79.9. The highest BCUT2D eigenvalue weighted by Gasteiger charge is 2.14. The van der Waals surface area contributed by atoms with Crippen LogP contribution in [0, 0.1) is 0 Å². The summed E-state index contributed by atoms with van der Waals surface area (Å²) >= 11 is 3.26. The van der Waals surface area contributed by atoms with Crippen molar-refractivity contribution in [3.05, 3.63) is 29.8 Å². The first-order chi connectivity index (χ1) is 7.67. The molecule has 1 rings (SSSR count). The monoisotopic (exact) mass is 285 g/mol. The number of esters is 1. The van der Waals surface area contributed by atoms with Crippen LogP contribution in [0.5, 0.6) is 0 Å². The topological polar surface area (TPSA) is 38.3 Å². The Hall–Kier alpha value is -1.03. The second kappa shape index (κ2) is 6.53. The molecular formula is C12H16BrNO2. The normalized spacial score (nSPS) is 11.9. The second-order valence-electron chi connectivity index (χ2n) is 3.43. The molecule has 0 aliphatic rings. The van der Waals surface area contributed by atoms with E-state index in [4.69, 9.17) is 0 Å². The van der Waals surface area contributed by atoms with Crippen LogP contribution in [0.4, 0.5) is 5.69 Å². The van der Waals surface area contributed by atoms with Crippen LogP contribution in [0.1, 0.15) is 12.5 Å². The van der Waals surface area contributed by atoms with Crippen LogP contribution in [0.25, 0.3) is 0 Å². The van der Waals surface area contributed by atoms with Gasteiger partial charge < -0.3 is 10.1 Å². The third-order valence-corrected chi connectivity index (χ3v) is 2.98. The Morgan fingerprint density at radius 3 is 2.94 bits per heavy atom. The Morgan fingerprint density at radius 2 is 2.31 bits per heavy atom. The number of benzene rings is 1. The molecule has 0 aliphatic carbocycles. The average molecular weight is 286 g/mol. The molecule has 1 unspecified atom stereocenters. The van der Waals surface area contributed by atoms with Gasteiger partial charge in [0.2, 0.25) is 0 Å². The molecule has 0 saturated heterocycles. The first-order valence-corrected chi connectivity index (χ1v) is 6.13. The van der Waals surface area contributed by atoms with Gasteiger partial charge >= 0.3 is 5.97 Å². The number of methoxy groups -OCH3 is 1. The van der Waals surface area contributed by atoms with Gasteiger partial charge in [0.1, 0.15) is 4.83 Å². The lowest BCUT2D eigenvalue weighted by molar-refractivity contribution is -0.139. The van der Waals surface area contributed by atoms with E-state index in [0.717, 1.165) is 12.1 Å². The molecule has 0 fully saturated rings. The van der Waals surface area contributed by atoms with Gasteiger partial charge in [0, 0.05) is 12.2 Å². The van der Waals surface area contributed by atoms with Crippen molar-refractivity contribution < 1.29 is 9.53 Å². The molecule has 4 heteroatoms. The van der Waals surface area contributed by atoms with Gasteiger partial charge in [0.15, 0.2) is 0 Å². The molecule has 3 nitrogen and oxygen atoms in total. The number of aryl methyl sites for hydroxylation is 1. The number of hydrogen-bond donors (Lipinski definition) is 1. The highest BCUT2D eigenvalue weighted by molar-refractivity contribution is 9.10. The van der Waals surface area contributed by atoms with Gasteiger partial charge in [-0.2, -0.15) is 0 Å². The summed E-state index contributed by atoms with van der Waals surface area (Å²) in [6, 6.07) is 8.15. The van der Waals surface area contributed by atoms with Crippen LogP contribution in [-0.4, -0.2) is 24.5 Å². The zero-order chi connectivity index (χ0) is 12.0. The summed E-state index contributed by atoms with van der Waals surface area (Å²) in [4.78, 5) is 10.8. The van der Waals surface area contributed by atoms with E-state index in [2.05, 4.69) is 45.0 Å². The molecule has 0 bridgehead atoms. The highest BCUT2D eigenvalue weighted by Crippen LogP contribution is 2.12. The number of carbonyl (C=O) groups is 1. The summed E-state index contributed by atoms with van der Waals surface area (Å²) < 4.78 is 4.62. The Labute approximate surface area is 104 Å². The Bertz CT molecular complexity index is 355. The van der Waals surface area contributed by atoms with E-state index in [1.165, 1.54) is 12.7 Å². The average Bonchev–Trinajstić information content (AvgIpc) is 2.35. The minimum atomic E-state index is -0.317. The number of carbonyl (C=O) groups excluding carboxylic acids is 1. The van der Waals surface area contributed by atoms with Crippen molar-refractivity contribution in [1.29, 1.82) is 0 Å². The summed E-state index contributed by atoms with van der Waals surface area (Å²) in [5.41, 5.74) is 2.29. The fraction of sp³-hybridized carbons (Fsp3) is 0.417. The molecule has 16 heavy (non-hydrogen) atoms. The zero-order valence-corrected chi connectivity index (χ0v) is 11.1. The molecule has 0 amide bonds. The summed E-state index contributed by atoms with van der Waals surface area (Å²) in [7, 11) is 1.38. The maximum absolute atomic E-state index is 11.1. The van der Waals surface area contributed by atoms with Crippen molar-refractivity contribution in [1.82, 2.24) is 0 Å². The fourth-order valence-electron chi connectivity index (χ4n) is 1.32. The summed E-state index contributed by atoms with van der Waals surface area (Å²) in [5.74, 6) is -0.265. The standard InChI is InChI=1S/C12H16BrNO2/c1-3-9-5-4-6-10(7-9)14-8-11(13)12(15)16-2/h4-7,11,14H,3,8H2,1-2H3. The van der Waals surface area contributed by atoms with Gasteiger partial charge in [-0.3, -0.25) is 4.79 Å². The fourth-order valence-corrected chi connectivity index (χ4v) is 1.67. The molecule has 1 aromatic rings. The van der Waals surface area contributed by atoms with Crippen LogP contribution < -0.4 is 5.32 Å². The quantitative estimate of drug-likeness (QED) is 0.668. The number of ether oxygens (including phenoxy) is 1. The van der Waals surface area contributed by atoms with Gasteiger partial charge in [-0.05, 0) is 24.1 Å². The first-order valence-electron chi connectivity index (χ1n) is 5.22. The van der Waals surface area contributed by atoms with Gasteiger partial charge in [-0.15, -0.1) is 0 Å². The number of anilines is 1. The van der Waals surface area contributed by atoms with Crippen LogP contribution in [0.15, 0.2) is 24.3 Å². The van der Waals surface area contributed by atoms with Crippen molar-refractivity contribution in [3.63, 3.8) is 0 Å². The molecule has 0 saturated carbocycles. The Morgan fingerprint density at radius 1 is 1.56 bits per heavy atom. The van der Waals surface area contributed by atoms with Gasteiger partial charge in [0.05, 0.1) is 7.11 Å². The predicted molar refractivity (Wildman–Crippen MR) is 69.0 cm³/mol. The minimum Gasteiger partial charge on any atom is -0.468 e. The first kappa shape index (κ1) is 13.0. The number of hydrogen-bond acceptors (Lipinski definition) is 3. The van der Waals surface area contributed by atoms with Gasteiger partial charge in [-0.1, -0.05) is 35.0 Å². The van der Waals surface area contributed by atoms with Gasteiger partial charge in [0.25, 0.3) is 0 Å². The smallest absolute Gasteiger partial charge is 0.321 e. The zero-order valence-electron chi connectivity index (χ0n) is 9.50. The third-order valence-electron chi connectivity index (χ3n) is 2.28. The maximum Gasteiger partial charge on any atom is 0.321 e. The Balaban J connectivity index is 2.51. The maximum atomic E-state index is 11.1. The lowest BCUT2D eigenvalue weighted by Crippen LogP contribution is -2.24. The minimum absolute atomic E-state index is 0.265. The van der Waals surface area contributed by atoms with Crippen molar-refractivity contribution in [2.45, 2.75) is 18.2 Å². The van der Waals surface area contributed by atoms with Crippen molar-refractivity contribution in [2.24, 2.45) is 0 Å². The molecule has 1 atom stereocenters. The van der Waals surface area contributed by atoms with Crippen LogP contribution >= 0.6 is 15.9 Å². The second-order valence-corrected chi connectivity index (χ2v) is 4.53.